The largest absolute Gasteiger partial charge is 0.473 e. The molecule has 1 unspecified atom stereocenters. The molecule has 2 aliphatic rings. The second kappa shape index (κ2) is 10.0. The lowest BCUT2D eigenvalue weighted by atomic mass is 10.00. The molecule has 174 valence electrons. The molecular formula is C24H27N3O6. The first-order valence-electron chi connectivity index (χ1n) is 10.9. The van der Waals surface area contributed by atoms with Gasteiger partial charge in [0.2, 0.25) is 0 Å². The van der Waals surface area contributed by atoms with Gasteiger partial charge in [-0.05, 0) is 49.6 Å². The van der Waals surface area contributed by atoms with Gasteiger partial charge in [-0.1, -0.05) is 24.3 Å². The number of fused-ring (bicyclic) bond motifs is 2. The number of nitrogens with zero attached hydrogens (tertiary/aromatic N) is 3. The van der Waals surface area contributed by atoms with Crippen molar-refractivity contribution in [3.8, 4) is 11.5 Å². The molecule has 33 heavy (non-hydrogen) atoms. The monoisotopic (exact) mass is 453 g/mol. The molecule has 1 saturated heterocycles. The van der Waals surface area contributed by atoms with Crippen LogP contribution in [0, 0.1) is 0 Å². The molecule has 9 nitrogen and oxygen atoms in total. The Morgan fingerprint density at radius 3 is 2.45 bits per heavy atom. The fourth-order valence-corrected chi connectivity index (χ4v) is 4.21. The Hall–Kier alpha value is -3.43. The van der Waals surface area contributed by atoms with E-state index in [1.54, 1.807) is 6.26 Å². The molecule has 0 radical (unpaired) electrons. The van der Waals surface area contributed by atoms with Crippen LogP contribution in [0.2, 0.25) is 0 Å². The van der Waals surface area contributed by atoms with Crippen LogP contribution in [0.25, 0.3) is 11.5 Å². The van der Waals surface area contributed by atoms with Crippen molar-refractivity contribution in [3.05, 3.63) is 65.8 Å². The minimum atomic E-state index is -1.82. The van der Waals surface area contributed by atoms with Crippen LogP contribution in [0.3, 0.4) is 0 Å². The molecule has 5 rings (SSSR count). The maximum absolute atomic E-state index is 9.10. The number of carboxylic acid groups (broad SMARTS) is 2. The molecule has 0 amide bonds. The van der Waals surface area contributed by atoms with E-state index in [0.29, 0.717) is 0 Å². The lowest BCUT2D eigenvalue weighted by molar-refractivity contribution is -0.159. The number of aliphatic carboxylic acids is 2. The summed E-state index contributed by atoms with van der Waals surface area (Å²) in [4.78, 5) is 25.5. The molecule has 2 aromatic heterocycles. The Balaban J connectivity index is 0.000000385. The van der Waals surface area contributed by atoms with E-state index in [-0.39, 0.29) is 12.2 Å². The number of benzene rings is 1. The normalized spacial score (nSPS) is 18.4. The Labute approximate surface area is 191 Å². The zero-order valence-electron chi connectivity index (χ0n) is 18.4. The van der Waals surface area contributed by atoms with E-state index >= 15 is 0 Å². The number of hydrogen-bond acceptors (Lipinski definition) is 6. The zero-order chi connectivity index (χ0) is 23.4. The highest BCUT2D eigenvalue weighted by atomic mass is 16.5. The highest BCUT2D eigenvalue weighted by Gasteiger charge is 2.30. The summed E-state index contributed by atoms with van der Waals surface area (Å²) in [6.45, 7) is 3.09. The Bertz CT molecular complexity index is 1090. The van der Waals surface area contributed by atoms with Gasteiger partial charge in [-0.25, -0.2) is 14.6 Å². The van der Waals surface area contributed by atoms with Crippen LogP contribution in [0.4, 0.5) is 0 Å². The van der Waals surface area contributed by atoms with Crippen molar-refractivity contribution in [2.45, 2.75) is 38.0 Å². The SMILES string of the molecule is CN1CCC(OC2c3ccccc3CCn3cc(-c4ccco4)nc32)CC1.O=C(O)C(=O)O. The second-order valence-corrected chi connectivity index (χ2v) is 8.23. The Morgan fingerprint density at radius 2 is 1.79 bits per heavy atom. The number of aromatic nitrogens is 2. The van der Waals surface area contributed by atoms with Crippen molar-refractivity contribution in [1.29, 1.82) is 0 Å². The van der Waals surface area contributed by atoms with E-state index in [0.717, 1.165) is 56.2 Å². The second-order valence-electron chi connectivity index (χ2n) is 8.23. The zero-order valence-corrected chi connectivity index (χ0v) is 18.4. The molecule has 0 aliphatic carbocycles. The minimum absolute atomic E-state index is 0.124. The number of hydrogen-bond donors (Lipinski definition) is 2. The summed E-state index contributed by atoms with van der Waals surface area (Å²) in [5, 5.41) is 14.8. The molecule has 1 fully saturated rings. The molecule has 3 aromatic rings. The van der Waals surface area contributed by atoms with Crippen LogP contribution in [-0.4, -0.2) is 62.8 Å². The number of rotatable bonds is 3. The predicted octanol–water partition coefficient (Wildman–Crippen LogP) is 3.06. The van der Waals surface area contributed by atoms with E-state index in [1.165, 1.54) is 11.1 Å². The van der Waals surface area contributed by atoms with Crippen LogP contribution >= 0.6 is 0 Å². The van der Waals surface area contributed by atoms with Gasteiger partial charge in [0.15, 0.2) is 5.76 Å². The van der Waals surface area contributed by atoms with Gasteiger partial charge in [-0.15, -0.1) is 0 Å². The summed E-state index contributed by atoms with van der Waals surface area (Å²) in [5.41, 5.74) is 3.50. The first kappa shape index (κ1) is 22.8. The highest BCUT2D eigenvalue weighted by Crippen LogP contribution is 2.35. The van der Waals surface area contributed by atoms with Crippen molar-refractivity contribution in [3.63, 3.8) is 0 Å². The topological polar surface area (TPSA) is 118 Å². The fraction of sp³-hybridized carbons (Fsp3) is 0.375. The number of imidazole rings is 1. The van der Waals surface area contributed by atoms with Crippen molar-refractivity contribution < 1.29 is 29.0 Å². The van der Waals surface area contributed by atoms with Crippen molar-refractivity contribution in [1.82, 2.24) is 14.5 Å². The van der Waals surface area contributed by atoms with E-state index in [9.17, 15) is 0 Å². The van der Waals surface area contributed by atoms with Crippen LogP contribution in [-0.2, 0) is 27.3 Å². The molecule has 1 aromatic carbocycles. The van der Waals surface area contributed by atoms with Gasteiger partial charge < -0.3 is 28.8 Å². The molecule has 9 heteroatoms. The lowest BCUT2D eigenvalue weighted by Gasteiger charge is -2.32. The summed E-state index contributed by atoms with van der Waals surface area (Å²) < 4.78 is 14.5. The van der Waals surface area contributed by atoms with Gasteiger partial charge in [0, 0.05) is 25.8 Å². The van der Waals surface area contributed by atoms with Crippen LogP contribution in [0.15, 0.2) is 53.3 Å². The molecule has 0 spiro atoms. The standard InChI is InChI=1S/C22H25N3O2.C2H2O4/c1-24-11-9-17(10-12-24)27-21-18-6-3-2-5-16(18)8-13-25-15-19(23-22(21)25)20-7-4-14-26-20;3-1(4)2(5)6/h2-7,14-15,17,21H,8-13H2,1H3;(H,3,4)(H,5,6). The maximum atomic E-state index is 9.10. The smallest absolute Gasteiger partial charge is 0.414 e. The van der Waals surface area contributed by atoms with Gasteiger partial charge in [0.05, 0.1) is 12.4 Å². The third kappa shape index (κ3) is 5.32. The Kier molecular flexibility index (Phi) is 6.90. The molecule has 4 heterocycles. The molecule has 2 N–H and O–H groups in total. The van der Waals surface area contributed by atoms with Crippen molar-refractivity contribution in [2.24, 2.45) is 0 Å². The summed E-state index contributed by atoms with van der Waals surface area (Å²) in [7, 11) is 2.18. The summed E-state index contributed by atoms with van der Waals surface area (Å²) in [6.07, 6.45) is 7.08. The predicted molar refractivity (Wildman–Crippen MR) is 119 cm³/mol. The number of carboxylic acids is 2. The Morgan fingerprint density at radius 1 is 1.06 bits per heavy atom. The van der Waals surface area contributed by atoms with E-state index in [2.05, 4.69) is 47.0 Å². The number of aryl methyl sites for hydroxylation is 2. The van der Waals surface area contributed by atoms with E-state index in [4.69, 9.17) is 33.9 Å². The van der Waals surface area contributed by atoms with E-state index in [1.807, 2.05) is 12.1 Å². The summed E-state index contributed by atoms with van der Waals surface area (Å²) in [6, 6.07) is 12.5. The lowest BCUT2D eigenvalue weighted by Crippen LogP contribution is -2.35. The molecule has 0 saturated carbocycles. The first-order valence-corrected chi connectivity index (χ1v) is 10.9. The van der Waals surface area contributed by atoms with Crippen molar-refractivity contribution >= 4 is 11.9 Å². The first-order chi connectivity index (χ1) is 15.9. The van der Waals surface area contributed by atoms with Gasteiger partial charge in [0.1, 0.15) is 17.6 Å². The van der Waals surface area contributed by atoms with Gasteiger partial charge in [0.25, 0.3) is 0 Å². The van der Waals surface area contributed by atoms with Crippen LogP contribution < -0.4 is 0 Å². The van der Waals surface area contributed by atoms with Crippen LogP contribution in [0.5, 0.6) is 0 Å². The molecule has 0 bridgehead atoms. The molecular weight excluding hydrogens is 426 g/mol. The summed E-state index contributed by atoms with van der Waals surface area (Å²) >= 11 is 0. The van der Waals surface area contributed by atoms with Gasteiger partial charge in [-0.3, -0.25) is 0 Å². The summed E-state index contributed by atoms with van der Waals surface area (Å²) in [5.74, 6) is -1.85. The third-order valence-electron chi connectivity index (χ3n) is 5.95. The third-order valence-corrected chi connectivity index (χ3v) is 5.95. The minimum Gasteiger partial charge on any atom is -0.473 e. The average Bonchev–Trinajstić information content (AvgIpc) is 3.46. The fourth-order valence-electron chi connectivity index (χ4n) is 4.21. The quantitative estimate of drug-likeness (QED) is 0.581. The van der Waals surface area contributed by atoms with Crippen molar-refractivity contribution in [2.75, 3.05) is 20.1 Å². The van der Waals surface area contributed by atoms with Gasteiger partial charge in [-0.2, -0.15) is 0 Å². The van der Waals surface area contributed by atoms with E-state index < -0.39 is 11.9 Å². The number of furan rings is 1. The number of likely N-dealkylation sites (tertiary alicyclic amines) is 1. The molecule has 2 aliphatic heterocycles. The molecule has 1 atom stereocenters. The number of carbonyl (C=O) groups is 2. The highest BCUT2D eigenvalue weighted by molar-refractivity contribution is 6.27. The maximum Gasteiger partial charge on any atom is 0.414 e. The number of piperidine rings is 1. The van der Waals surface area contributed by atoms with Crippen LogP contribution in [0.1, 0.15) is 35.9 Å². The average molecular weight is 453 g/mol. The van der Waals surface area contributed by atoms with Gasteiger partial charge >= 0.3 is 11.9 Å². The number of ether oxygens (including phenoxy) is 1.